The van der Waals surface area contributed by atoms with Gasteiger partial charge in [0.2, 0.25) is 0 Å². The number of benzene rings is 2. The van der Waals surface area contributed by atoms with E-state index in [0.29, 0.717) is 23.7 Å². The van der Waals surface area contributed by atoms with Crippen LogP contribution in [0.25, 0.3) is 6.08 Å². The van der Waals surface area contributed by atoms with Gasteiger partial charge in [0, 0.05) is 0 Å². The van der Waals surface area contributed by atoms with E-state index >= 15 is 0 Å². The van der Waals surface area contributed by atoms with E-state index in [9.17, 15) is 14.0 Å². The molecule has 0 saturated heterocycles. The molecule has 0 unspecified atom stereocenters. The molecule has 0 spiro atoms. The first-order valence-electron chi connectivity index (χ1n) is 8.29. The van der Waals surface area contributed by atoms with Crippen LogP contribution in [0.5, 0.6) is 11.5 Å². The number of rotatable bonds is 7. The van der Waals surface area contributed by atoms with Crippen LogP contribution in [0, 0.1) is 17.1 Å². The maximum absolute atomic E-state index is 13.0. The molecule has 2 rings (SSSR count). The summed E-state index contributed by atoms with van der Waals surface area (Å²) in [5.41, 5.74) is 5.87. The van der Waals surface area contributed by atoms with Crippen LogP contribution in [0.3, 0.4) is 0 Å². The van der Waals surface area contributed by atoms with Crippen LogP contribution in [-0.2, 0) is 11.4 Å². The standard InChI is InChI=1S/C20H18FN3O4/c1-2-27-18-10-14(9-15(11-22)19(25)24-20(23)26)5-8-17(18)28-12-13-3-6-16(21)7-4-13/h3-10H,2,12H2,1H3,(H3,23,24,25,26)/b15-9-. The van der Waals surface area contributed by atoms with Gasteiger partial charge in [-0.05, 0) is 48.4 Å². The fourth-order valence-corrected chi connectivity index (χ4v) is 2.24. The largest absolute Gasteiger partial charge is 0.490 e. The number of ether oxygens (including phenoxy) is 2. The SMILES string of the molecule is CCOc1cc(/C=C(/C#N)C(=O)NC(N)=O)ccc1OCc1ccc(F)cc1. The minimum Gasteiger partial charge on any atom is -0.490 e. The summed E-state index contributed by atoms with van der Waals surface area (Å²) >= 11 is 0. The third-order valence-electron chi connectivity index (χ3n) is 3.49. The van der Waals surface area contributed by atoms with E-state index < -0.39 is 11.9 Å². The van der Waals surface area contributed by atoms with Crippen molar-refractivity contribution in [2.75, 3.05) is 6.61 Å². The molecule has 3 amide bonds. The molecule has 0 aromatic heterocycles. The van der Waals surface area contributed by atoms with Gasteiger partial charge in [-0.1, -0.05) is 18.2 Å². The number of carbonyl (C=O) groups excluding carboxylic acids is 2. The molecule has 8 heteroatoms. The van der Waals surface area contributed by atoms with Crippen LogP contribution in [0.4, 0.5) is 9.18 Å². The molecule has 0 saturated carbocycles. The fourth-order valence-electron chi connectivity index (χ4n) is 2.24. The Balaban J connectivity index is 2.22. The van der Waals surface area contributed by atoms with Crippen LogP contribution < -0.4 is 20.5 Å². The van der Waals surface area contributed by atoms with Crippen molar-refractivity contribution in [1.82, 2.24) is 5.32 Å². The lowest BCUT2D eigenvalue weighted by Crippen LogP contribution is -2.35. The van der Waals surface area contributed by atoms with Crippen molar-refractivity contribution in [2.24, 2.45) is 5.73 Å². The highest BCUT2D eigenvalue weighted by Gasteiger charge is 2.12. The van der Waals surface area contributed by atoms with Gasteiger partial charge < -0.3 is 15.2 Å². The minimum atomic E-state index is -1.05. The van der Waals surface area contributed by atoms with Crippen LogP contribution in [0.1, 0.15) is 18.1 Å². The lowest BCUT2D eigenvalue weighted by Gasteiger charge is -2.13. The molecule has 2 aromatic carbocycles. The van der Waals surface area contributed by atoms with Crippen molar-refractivity contribution in [3.05, 3.63) is 65.0 Å². The number of halogens is 1. The molecule has 0 radical (unpaired) electrons. The Kier molecular flexibility index (Phi) is 7.11. The van der Waals surface area contributed by atoms with Crippen molar-refractivity contribution in [2.45, 2.75) is 13.5 Å². The number of nitriles is 1. The van der Waals surface area contributed by atoms with Gasteiger partial charge in [-0.15, -0.1) is 0 Å². The molecule has 144 valence electrons. The Labute approximate surface area is 161 Å². The molecule has 0 aliphatic rings. The molecule has 0 aliphatic carbocycles. The summed E-state index contributed by atoms with van der Waals surface area (Å²) in [6.45, 7) is 2.38. The average Bonchev–Trinajstić information content (AvgIpc) is 2.66. The second-order valence-corrected chi connectivity index (χ2v) is 5.54. The van der Waals surface area contributed by atoms with Crippen LogP contribution in [0.15, 0.2) is 48.0 Å². The topological polar surface area (TPSA) is 114 Å². The number of nitrogens with zero attached hydrogens (tertiary/aromatic N) is 1. The first-order chi connectivity index (χ1) is 13.4. The number of amides is 3. The van der Waals surface area contributed by atoms with E-state index in [4.69, 9.17) is 20.5 Å². The summed E-state index contributed by atoms with van der Waals surface area (Å²) < 4.78 is 24.3. The second-order valence-electron chi connectivity index (χ2n) is 5.54. The summed E-state index contributed by atoms with van der Waals surface area (Å²) in [4.78, 5) is 22.5. The first kappa shape index (κ1) is 20.5. The highest BCUT2D eigenvalue weighted by molar-refractivity contribution is 6.08. The van der Waals surface area contributed by atoms with E-state index in [1.54, 1.807) is 43.3 Å². The zero-order valence-corrected chi connectivity index (χ0v) is 15.1. The number of urea groups is 1. The van der Waals surface area contributed by atoms with Crippen molar-refractivity contribution < 1.29 is 23.5 Å². The van der Waals surface area contributed by atoms with Gasteiger partial charge in [0.1, 0.15) is 24.1 Å². The van der Waals surface area contributed by atoms with E-state index in [0.717, 1.165) is 5.56 Å². The van der Waals surface area contributed by atoms with Gasteiger partial charge in [0.05, 0.1) is 6.61 Å². The van der Waals surface area contributed by atoms with Crippen LogP contribution in [0.2, 0.25) is 0 Å². The van der Waals surface area contributed by atoms with Gasteiger partial charge in [0.25, 0.3) is 5.91 Å². The Morgan fingerprint density at radius 3 is 2.50 bits per heavy atom. The van der Waals surface area contributed by atoms with Crippen molar-refractivity contribution in [1.29, 1.82) is 5.26 Å². The van der Waals surface area contributed by atoms with Crippen molar-refractivity contribution >= 4 is 18.0 Å². The quantitative estimate of drug-likeness (QED) is 0.564. The molecule has 7 nitrogen and oxygen atoms in total. The van der Waals surface area contributed by atoms with Gasteiger partial charge in [-0.3, -0.25) is 10.1 Å². The van der Waals surface area contributed by atoms with E-state index in [-0.39, 0.29) is 18.0 Å². The Hall–Kier alpha value is -3.86. The number of hydrogen-bond acceptors (Lipinski definition) is 5. The third-order valence-corrected chi connectivity index (χ3v) is 3.49. The lowest BCUT2D eigenvalue weighted by molar-refractivity contribution is -0.115. The number of nitrogens with one attached hydrogen (secondary N) is 1. The molecular formula is C20H18FN3O4. The van der Waals surface area contributed by atoms with Crippen molar-refractivity contribution in [3.63, 3.8) is 0 Å². The average molecular weight is 383 g/mol. The minimum absolute atomic E-state index is 0.208. The second kappa shape index (κ2) is 9.73. The molecule has 0 bridgehead atoms. The Morgan fingerprint density at radius 1 is 1.18 bits per heavy atom. The molecule has 3 N–H and O–H groups in total. The maximum Gasteiger partial charge on any atom is 0.319 e. The van der Waals surface area contributed by atoms with Gasteiger partial charge in [-0.2, -0.15) is 5.26 Å². The summed E-state index contributed by atoms with van der Waals surface area (Å²) in [5.74, 6) is -0.373. The Bertz CT molecular complexity index is 933. The summed E-state index contributed by atoms with van der Waals surface area (Å²) in [6, 6.07) is 11.4. The Morgan fingerprint density at radius 2 is 1.89 bits per heavy atom. The normalized spacial score (nSPS) is 10.7. The molecule has 0 atom stereocenters. The van der Waals surface area contributed by atoms with Crippen LogP contribution >= 0.6 is 0 Å². The predicted octanol–water partition coefficient (Wildman–Crippen LogP) is 2.91. The summed E-state index contributed by atoms with van der Waals surface area (Å²) in [7, 11) is 0. The predicted molar refractivity (Wildman–Crippen MR) is 99.7 cm³/mol. The molecule has 28 heavy (non-hydrogen) atoms. The molecule has 0 heterocycles. The fraction of sp³-hybridized carbons (Fsp3) is 0.150. The highest BCUT2D eigenvalue weighted by atomic mass is 19.1. The van der Waals surface area contributed by atoms with E-state index in [1.807, 2.05) is 5.32 Å². The van der Waals surface area contributed by atoms with Gasteiger partial charge >= 0.3 is 6.03 Å². The molecule has 0 aliphatic heterocycles. The third kappa shape index (κ3) is 5.85. The number of carbonyl (C=O) groups is 2. The van der Waals surface area contributed by atoms with E-state index in [1.165, 1.54) is 18.2 Å². The number of primary amides is 1. The van der Waals surface area contributed by atoms with Gasteiger partial charge in [0.15, 0.2) is 11.5 Å². The van der Waals surface area contributed by atoms with Gasteiger partial charge in [-0.25, -0.2) is 9.18 Å². The number of hydrogen-bond donors (Lipinski definition) is 2. The van der Waals surface area contributed by atoms with E-state index in [2.05, 4.69) is 0 Å². The highest BCUT2D eigenvalue weighted by Crippen LogP contribution is 2.30. The number of imide groups is 1. The zero-order valence-electron chi connectivity index (χ0n) is 15.1. The first-order valence-corrected chi connectivity index (χ1v) is 8.29. The van der Waals surface area contributed by atoms with Crippen molar-refractivity contribution in [3.8, 4) is 17.6 Å². The molecule has 2 aromatic rings. The molecule has 0 fully saturated rings. The van der Waals surface area contributed by atoms with Crippen LogP contribution in [-0.4, -0.2) is 18.5 Å². The number of nitrogens with two attached hydrogens (primary N) is 1. The lowest BCUT2D eigenvalue weighted by atomic mass is 10.1. The maximum atomic E-state index is 13.0. The summed E-state index contributed by atoms with van der Waals surface area (Å²) in [6.07, 6.45) is 1.30. The molecular weight excluding hydrogens is 365 g/mol. The zero-order chi connectivity index (χ0) is 20.5. The smallest absolute Gasteiger partial charge is 0.319 e. The summed E-state index contributed by atoms with van der Waals surface area (Å²) in [5, 5.41) is 10.9. The monoisotopic (exact) mass is 383 g/mol.